The van der Waals surface area contributed by atoms with Gasteiger partial charge in [0.1, 0.15) is 5.69 Å². The molecule has 1 saturated heterocycles. The van der Waals surface area contributed by atoms with Gasteiger partial charge in [-0.15, -0.1) is 0 Å². The molecule has 2 aromatic carbocycles. The monoisotopic (exact) mass is 448 g/mol. The van der Waals surface area contributed by atoms with Crippen LogP contribution in [-0.2, 0) is 17.6 Å². The van der Waals surface area contributed by atoms with Crippen LogP contribution in [0.2, 0.25) is 5.02 Å². The molecule has 0 radical (unpaired) electrons. The van der Waals surface area contributed by atoms with Crippen molar-refractivity contribution in [1.29, 1.82) is 0 Å². The highest BCUT2D eigenvalue weighted by molar-refractivity contribution is 6.30. The van der Waals surface area contributed by atoms with Crippen LogP contribution in [0, 0.1) is 0 Å². The number of piperazine rings is 1. The minimum Gasteiger partial charge on any atom is -0.356 e. The van der Waals surface area contributed by atoms with Gasteiger partial charge < -0.3 is 9.88 Å². The summed E-state index contributed by atoms with van der Waals surface area (Å²) in [7, 11) is 0. The van der Waals surface area contributed by atoms with E-state index in [0.717, 1.165) is 24.2 Å². The van der Waals surface area contributed by atoms with Gasteiger partial charge in [-0.05, 0) is 42.2 Å². The molecule has 0 bridgehead atoms. The van der Waals surface area contributed by atoms with E-state index in [9.17, 15) is 9.59 Å². The topological polar surface area (TPSA) is 59.7 Å². The van der Waals surface area contributed by atoms with Crippen molar-refractivity contribution in [3.8, 4) is 0 Å². The summed E-state index contributed by atoms with van der Waals surface area (Å²) in [6, 6.07) is 18.0. The number of aromatic amines is 1. The molecule has 2 aliphatic heterocycles. The molecular formula is C25H25ClN4O2. The second kappa shape index (κ2) is 8.81. The summed E-state index contributed by atoms with van der Waals surface area (Å²) in [5.74, 6) is 0.000903. The van der Waals surface area contributed by atoms with Crippen molar-refractivity contribution >= 4 is 34.8 Å². The Bertz CT molecular complexity index is 1100. The third-order valence-corrected chi connectivity index (χ3v) is 6.49. The van der Waals surface area contributed by atoms with E-state index in [2.05, 4.69) is 22.0 Å². The zero-order valence-electron chi connectivity index (χ0n) is 17.8. The lowest BCUT2D eigenvalue weighted by molar-refractivity contribution is -0.119. The van der Waals surface area contributed by atoms with E-state index in [1.54, 1.807) is 17.2 Å². The van der Waals surface area contributed by atoms with Crippen LogP contribution in [0.1, 0.15) is 21.6 Å². The summed E-state index contributed by atoms with van der Waals surface area (Å²) in [5, 5.41) is 0.524. The first-order chi connectivity index (χ1) is 15.6. The minimum absolute atomic E-state index is 0.0572. The highest BCUT2D eigenvalue weighted by Crippen LogP contribution is 2.36. The number of benzene rings is 2. The Labute approximate surface area is 192 Å². The lowest BCUT2D eigenvalue weighted by Gasteiger charge is -2.35. The van der Waals surface area contributed by atoms with Crippen molar-refractivity contribution < 1.29 is 9.59 Å². The van der Waals surface area contributed by atoms with Crippen molar-refractivity contribution in [2.24, 2.45) is 0 Å². The molecule has 1 aromatic heterocycles. The first kappa shape index (κ1) is 20.8. The van der Waals surface area contributed by atoms with Gasteiger partial charge >= 0.3 is 0 Å². The quantitative estimate of drug-likeness (QED) is 0.661. The van der Waals surface area contributed by atoms with Gasteiger partial charge in [0, 0.05) is 32.4 Å². The van der Waals surface area contributed by atoms with E-state index < -0.39 is 0 Å². The maximum atomic E-state index is 13.6. The lowest BCUT2D eigenvalue weighted by atomic mass is 10.0. The summed E-state index contributed by atoms with van der Waals surface area (Å²) >= 11 is 5.93. The number of hydrogen-bond acceptors (Lipinski definition) is 3. The number of nitrogens with zero attached hydrogens (tertiary/aromatic N) is 3. The Kier molecular flexibility index (Phi) is 5.72. The first-order valence-electron chi connectivity index (χ1n) is 10.9. The molecule has 0 saturated carbocycles. The zero-order chi connectivity index (χ0) is 22.1. The maximum Gasteiger partial charge on any atom is 0.270 e. The Hall–Kier alpha value is -3.09. The fourth-order valence-corrected chi connectivity index (χ4v) is 4.75. The molecule has 164 valence electrons. The largest absolute Gasteiger partial charge is 0.356 e. The minimum atomic E-state index is -0.0572. The van der Waals surface area contributed by atoms with Crippen LogP contribution < -0.4 is 4.90 Å². The fourth-order valence-electron chi connectivity index (χ4n) is 4.58. The van der Waals surface area contributed by atoms with Gasteiger partial charge in [-0.2, -0.15) is 0 Å². The van der Waals surface area contributed by atoms with Gasteiger partial charge in [-0.25, -0.2) is 0 Å². The smallest absolute Gasteiger partial charge is 0.270 e. The number of hydrogen-bond donors (Lipinski definition) is 1. The summed E-state index contributed by atoms with van der Waals surface area (Å²) in [4.78, 5) is 34.9. The van der Waals surface area contributed by atoms with Crippen molar-refractivity contribution in [2.45, 2.75) is 12.8 Å². The van der Waals surface area contributed by atoms with Crippen molar-refractivity contribution in [2.75, 3.05) is 37.6 Å². The number of halogens is 1. The molecule has 1 fully saturated rings. The molecule has 7 heteroatoms. The molecule has 2 aliphatic rings. The van der Waals surface area contributed by atoms with Crippen LogP contribution in [-0.4, -0.2) is 59.3 Å². The number of aromatic nitrogens is 1. The van der Waals surface area contributed by atoms with Crippen LogP contribution in [0.15, 0.2) is 60.8 Å². The van der Waals surface area contributed by atoms with E-state index in [0.29, 0.717) is 43.4 Å². The highest BCUT2D eigenvalue weighted by Gasteiger charge is 2.29. The third-order valence-electron chi connectivity index (χ3n) is 6.27. The van der Waals surface area contributed by atoms with Crippen molar-refractivity contribution in [1.82, 2.24) is 14.8 Å². The van der Waals surface area contributed by atoms with E-state index >= 15 is 0 Å². The van der Waals surface area contributed by atoms with E-state index in [1.807, 2.05) is 41.3 Å². The molecule has 3 heterocycles. The summed E-state index contributed by atoms with van der Waals surface area (Å²) < 4.78 is 0. The molecule has 3 aromatic rings. The van der Waals surface area contributed by atoms with Crippen molar-refractivity contribution in [3.63, 3.8) is 0 Å². The van der Waals surface area contributed by atoms with Crippen LogP contribution in [0.25, 0.3) is 0 Å². The standard InChI is InChI=1S/C25H25ClN4O2/c26-20-15-21(27-16-20)25(32)29-13-11-28(12-14-29)17-24(31)30-22-7-3-1-5-18(22)9-10-19-6-2-4-8-23(19)30/h1-8,15-16,27H,9-14,17H2. The molecule has 0 spiro atoms. The SMILES string of the molecule is O=C(c1cc(Cl)c[nH]1)N1CCN(CC(=O)N2c3ccccc3CCc3ccccc32)CC1. The molecule has 32 heavy (non-hydrogen) atoms. The van der Waals surface area contributed by atoms with Crippen LogP contribution in [0.3, 0.4) is 0 Å². The van der Waals surface area contributed by atoms with Gasteiger partial charge in [-0.1, -0.05) is 48.0 Å². The average Bonchev–Trinajstić information content (AvgIpc) is 3.17. The van der Waals surface area contributed by atoms with Crippen molar-refractivity contribution in [3.05, 3.63) is 82.6 Å². The molecule has 0 atom stereocenters. The number of fused-ring (bicyclic) bond motifs is 2. The van der Waals surface area contributed by atoms with Gasteiger partial charge in [-0.3, -0.25) is 19.4 Å². The Morgan fingerprint density at radius 3 is 2.03 bits per heavy atom. The first-order valence-corrected chi connectivity index (χ1v) is 11.3. The number of carbonyl (C=O) groups excluding carboxylic acids is 2. The molecule has 1 N–H and O–H groups in total. The number of aryl methyl sites for hydroxylation is 2. The molecule has 5 rings (SSSR count). The van der Waals surface area contributed by atoms with Gasteiger partial charge in [0.25, 0.3) is 5.91 Å². The van der Waals surface area contributed by atoms with Crippen LogP contribution >= 0.6 is 11.6 Å². The second-order valence-electron chi connectivity index (χ2n) is 8.29. The van der Waals surface area contributed by atoms with Crippen LogP contribution in [0.4, 0.5) is 11.4 Å². The molecule has 6 nitrogen and oxygen atoms in total. The number of rotatable bonds is 3. The van der Waals surface area contributed by atoms with Gasteiger partial charge in [0.05, 0.1) is 22.9 Å². The van der Waals surface area contributed by atoms with E-state index in [4.69, 9.17) is 11.6 Å². The molecule has 0 aliphatic carbocycles. The summed E-state index contributed by atoms with van der Waals surface area (Å²) in [5.41, 5.74) is 4.83. The fraction of sp³-hybridized carbons (Fsp3) is 0.280. The molecule has 2 amide bonds. The number of anilines is 2. The number of H-pyrrole nitrogens is 1. The van der Waals surface area contributed by atoms with Gasteiger partial charge in [0.2, 0.25) is 5.91 Å². The predicted octanol–water partition coefficient (Wildman–Crippen LogP) is 3.89. The third kappa shape index (κ3) is 4.04. The van der Waals surface area contributed by atoms with E-state index in [1.165, 1.54) is 11.1 Å². The van der Waals surface area contributed by atoms with Crippen LogP contribution in [0.5, 0.6) is 0 Å². The Morgan fingerprint density at radius 2 is 1.47 bits per heavy atom. The summed E-state index contributed by atoms with van der Waals surface area (Å²) in [6.45, 7) is 2.79. The number of carbonyl (C=O) groups is 2. The Balaban J connectivity index is 1.30. The second-order valence-corrected chi connectivity index (χ2v) is 8.72. The summed E-state index contributed by atoms with van der Waals surface area (Å²) in [6.07, 6.45) is 3.45. The predicted molar refractivity (Wildman–Crippen MR) is 126 cm³/mol. The number of para-hydroxylation sites is 2. The highest BCUT2D eigenvalue weighted by atomic mass is 35.5. The number of amides is 2. The van der Waals surface area contributed by atoms with Gasteiger partial charge in [0.15, 0.2) is 0 Å². The lowest BCUT2D eigenvalue weighted by Crippen LogP contribution is -2.51. The molecular weight excluding hydrogens is 424 g/mol. The number of nitrogens with one attached hydrogen (secondary N) is 1. The Morgan fingerprint density at radius 1 is 0.875 bits per heavy atom. The van der Waals surface area contributed by atoms with E-state index in [-0.39, 0.29) is 11.8 Å². The normalized spacial score (nSPS) is 16.3. The average molecular weight is 449 g/mol. The molecule has 0 unspecified atom stereocenters. The maximum absolute atomic E-state index is 13.6. The zero-order valence-corrected chi connectivity index (χ0v) is 18.5.